The van der Waals surface area contributed by atoms with E-state index in [1.807, 2.05) is 60.7 Å². The van der Waals surface area contributed by atoms with Gasteiger partial charge in [0.2, 0.25) is 5.82 Å². The standard InChI is InChI=1S/C24H27N7OS/c1-3-16-30-23(20-14-8-9-15-21(20)32-2)26-27-24(30)33-18-11-5-10-17-31-28-22(25-29-31)19-12-6-4-7-13-19/h3-4,6-9,12-15H,1,5,10-11,16-18H2,2H3. The molecule has 0 aliphatic rings. The first-order valence-electron chi connectivity index (χ1n) is 10.9. The van der Waals surface area contributed by atoms with E-state index in [0.29, 0.717) is 12.4 Å². The summed E-state index contributed by atoms with van der Waals surface area (Å²) in [5.41, 5.74) is 1.91. The zero-order valence-electron chi connectivity index (χ0n) is 18.7. The van der Waals surface area contributed by atoms with Crippen molar-refractivity contribution in [1.82, 2.24) is 35.0 Å². The Kier molecular flexibility index (Phi) is 7.86. The minimum absolute atomic E-state index is 0.643. The van der Waals surface area contributed by atoms with Gasteiger partial charge in [0.05, 0.1) is 19.2 Å². The number of tetrazole rings is 1. The topological polar surface area (TPSA) is 83.5 Å². The van der Waals surface area contributed by atoms with Crippen molar-refractivity contribution in [3.63, 3.8) is 0 Å². The number of nitrogens with zero attached hydrogens (tertiary/aromatic N) is 7. The third-order valence-electron chi connectivity index (χ3n) is 5.09. The molecular formula is C24H27N7OS. The Morgan fingerprint density at radius 1 is 0.970 bits per heavy atom. The normalized spacial score (nSPS) is 10.9. The van der Waals surface area contributed by atoms with Gasteiger partial charge in [0.15, 0.2) is 11.0 Å². The van der Waals surface area contributed by atoms with Crippen LogP contribution in [0.4, 0.5) is 0 Å². The summed E-state index contributed by atoms with van der Waals surface area (Å²) < 4.78 is 7.58. The number of benzene rings is 2. The van der Waals surface area contributed by atoms with Gasteiger partial charge < -0.3 is 4.74 Å². The fourth-order valence-electron chi connectivity index (χ4n) is 3.45. The number of methoxy groups -OCH3 is 1. The molecule has 170 valence electrons. The highest BCUT2D eigenvalue weighted by Crippen LogP contribution is 2.31. The van der Waals surface area contributed by atoms with E-state index in [1.165, 1.54) is 0 Å². The molecule has 0 aliphatic heterocycles. The van der Waals surface area contributed by atoms with Crippen LogP contribution in [0.15, 0.2) is 72.4 Å². The smallest absolute Gasteiger partial charge is 0.204 e. The van der Waals surface area contributed by atoms with E-state index < -0.39 is 0 Å². The average Bonchev–Trinajstić information content (AvgIpc) is 3.49. The predicted octanol–water partition coefficient (Wildman–Crippen LogP) is 4.76. The molecule has 0 atom stereocenters. The van der Waals surface area contributed by atoms with Crippen LogP contribution in [0.3, 0.4) is 0 Å². The van der Waals surface area contributed by atoms with Gasteiger partial charge in [-0.05, 0) is 30.2 Å². The number of thioether (sulfide) groups is 1. The lowest BCUT2D eigenvalue weighted by Gasteiger charge is -2.10. The Labute approximate surface area is 197 Å². The highest BCUT2D eigenvalue weighted by molar-refractivity contribution is 7.99. The highest BCUT2D eigenvalue weighted by Gasteiger charge is 2.16. The largest absolute Gasteiger partial charge is 0.496 e. The summed E-state index contributed by atoms with van der Waals surface area (Å²) in [5, 5.41) is 22.5. The Morgan fingerprint density at radius 3 is 2.61 bits per heavy atom. The first-order chi connectivity index (χ1) is 16.3. The van der Waals surface area contributed by atoms with Crippen LogP contribution in [0.2, 0.25) is 0 Å². The number of para-hydroxylation sites is 1. The van der Waals surface area contributed by atoms with E-state index in [2.05, 4.69) is 36.8 Å². The molecule has 0 spiro atoms. The molecule has 0 aliphatic carbocycles. The van der Waals surface area contributed by atoms with Gasteiger partial charge in [-0.2, -0.15) is 4.80 Å². The zero-order chi connectivity index (χ0) is 22.9. The van der Waals surface area contributed by atoms with Gasteiger partial charge in [0.25, 0.3) is 0 Å². The van der Waals surface area contributed by atoms with Crippen LogP contribution >= 0.6 is 11.8 Å². The van der Waals surface area contributed by atoms with Gasteiger partial charge in [0.1, 0.15) is 5.75 Å². The fourth-order valence-corrected chi connectivity index (χ4v) is 4.40. The third-order valence-corrected chi connectivity index (χ3v) is 6.15. The Balaban J connectivity index is 1.27. The van der Waals surface area contributed by atoms with Crippen molar-refractivity contribution in [3.05, 3.63) is 67.3 Å². The van der Waals surface area contributed by atoms with Crippen LogP contribution in [-0.2, 0) is 13.1 Å². The molecule has 4 rings (SSSR count). The van der Waals surface area contributed by atoms with Crippen LogP contribution in [0.1, 0.15) is 19.3 Å². The van der Waals surface area contributed by atoms with Crippen LogP contribution in [0.25, 0.3) is 22.8 Å². The molecule has 0 radical (unpaired) electrons. The maximum Gasteiger partial charge on any atom is 0.204 e. The second-order valence-electron chi connectivity index (χ2n) is 7.39. The maximum absolute atomic E-state index is 5.50. The number of hydrogen-bond donors (Lipinski definition) is 0. The monoisotopic (exact) mass is 461 g/mol. The third kappa shape index (κ3) is 5.67. The SMILES string of the molecule is C=CCn1c(SCCCCCn2nnc(-c3ccccc3)n2)nnc1-c1ccccc1OC. The molecule has 2 aromatic heterocycles. The van der Waals surface area contributed by atoms with Gasteiger partial charge in [-0.25, -0.2) is 0 Å². The lowest BCUT2D eigenvalue weighted by Crippen LogP contribution is -2.03. The molecular weight excluding hydrogens is 434 g/mol. The Hall–Kier alpha value is -3.46. The van der Waals surface area contributed by atoms with Crippen molar-refractivity contribution in [2.75, 3.05) is 12.9 Å². The molecule has 4 aromatic rings. The number of unbranched alkanes of at least 4 members (excludes halogenated alkanes) is 2. The summed E-state index contributed by atoms with van der Waals surface area (Å²) in [4.78, 5) is 1.68. The molecule has 0 saturated carbocycles. The number of aryl methyl sites for hydroxylation is 1. The molecule has 0 saturated heterocycles. The summed E-state index contributed by atoms with van der Waals surface area (Å²) in [6.07, 6.45) is 5.00. The molecule has 0 amide bonds. The van der Waals surface area contributed by atoms with E-state index >= 15 is 0 Å². The molecule has 0 fully saturated rings. The maximum atomic E-state index is 5.50. The number of aromatic nitrogens is 7. The van der Waals surface area contributed by atoms with E-state index in [-0.39, 0.29) is 0 Å². The predicted molar refractivity (Wildman–Crippen MR) is 130 cm³/mol. The second-order valence-corrected chi connectivity index (χ2v) is 8.45. The lowest BCUT2D eigenvalue weighted by atomic mass is 10.2. The number of rotatable bonds is 12. The molecule has 9 heteroatoms. The van der Waals surface area contributed by atoms with Gasteiger partial charge in [-0.1, -0.05) is 66.7 Å². The van der Waals surface area contributed by atoms with Crippen LogP contribution in [-0.4, -0.2) is 47.8 Å². The van der Waals surface area contributed by atoms with Crippen LogP contribution in [0.5, 0.6) is 5.75 Å². The molecule has 33 heavy (non-hydrogen) atoms. The molecule has 0 N–H and O–H groups in total. The van der Waals surface area contributed by atoms with E-state index in [1.54, 1.807) is 23.7 Å². The summed E-state index contributed by atoms with van der Waals surface area (Å²) in [6, 6.07) is 17.8. The molecule has 2 heterocycles. The van der Waals surface area contributed by atoms with Crippen molar-refractivity contribution in [2.24, 2.45) is 0 Å². The summed E-state index contributed by atoms with van der Waals surface area (Å²) in [5.74, 6) is 3.20. The highest BCUT2D eigenvalue weighted by atomic mass is 32.2. The van der Waals surface area contributed by atoms with Gasteiger partial charge in [-0.3, -0.25) is 4.57 Å². The zero-order valence-corrected chi connectivity index (χ0v) is 19.5. The first kappa shape index (κ1) is 22.7. The van der Waals surface area contributed by atoms with Gasteiger partial charge >= 0.3 is 0 Å². The number of ether oxygens (including phenoxy) is 1. The minimum atomic E-state index is 0.643. The quantitative estimate of drug-likeness (QED) is 0.171. The molecule has 8 nitrogen and oxygen atoms in total. The second kappa shape index (κ2) is 11.4. The minimum Gasteiger partial charge on any atom is -0.496 e. The van der Waals surface area contributed by atoms with Crippen molar-refractivity contribution in [2.45, 2.75) is 37.5 Å². The van der Waals surface area contributed by atoms with Crippen molar-refractivity contribution >= 4 is 11.8 Å². The fraction of sp³-hybridized carbons (Fsp3) is 0.292. The lowest BCUT2D eigenvalue weighted by molar-refractivity contribution is 0.416. The molecule has 0 bridgehead atoms. The van der Waals surface area contributed by atoms with Crippen molar-refractivity contribution < 1.29 is 4.74 Å². The molecule has 2 aromatic carbocycles. The van der Waals surface area contributed by atoms with E-state index in [4.69, 9.17) is 4.74 Å². The summed E-state index contributed by atoms with van der Waals surface area (Å²) >= 11 is 1.71. The Bertz CT molecular complexity index is 1170. The van der Waals surface area contributed by atoms with Gasteiger partial charge in [0, 0.05) is 17.9 Å². The van der Waals surface area contributed by atoms with E-state index in [0.717, 1.165) is 59.4 Å². The summed E-state index contributed by atoms with van der Waals surface area (Å²) in [7, 11) is 1.67. The van der Waals surface area contributed by atoms with Crippen LogP contribution < -0.4 is 4.74 Å². The average molecular weight is 462 g/mol. The number of allylic oxidation sites excluding steroid dienone is 1. The van der Waals surface area contributed by atoms with Crippen molar-refractivity contribution in [3.8, 4) is 28.5 Å². The van der Waals surface area contributed by atoms with Crippen LogP contribution in [0, 0.1) is 0 Å². The number of hydrogen-bond acceptors (Lipinski definition) is 7. The summed E-state index contributed by atoms with van der Waals surface area (Å²) in [6.45, 7) is 5.29. The molecule has 0 unspecified atom stereocenters. The van der Waals surface area contributed by atoms with Crippen molar-refractivity contribution in [1.29, 1.82) is 0 Å². The van der Waals surface area contributed by atoms with E-state index in [9.17, 15) is 0 Å². The first-order valence-corrected chi connectivity index (χ1v) is 11.9. The Morgan fingerprint density at radius 2 is 1.79 bits per heavy atom. The van der Waals surface area contributed by atoms with Gasteiger partial charge in [-0.15, -0.1) is 27.0 Å².